The summed E-state index contributed by atoms with van der Waals surface area (Å²) >= 11 is 0. The molecule has 0 bridgehead atoms. The molecule has 1 saturated carbocycles. The Hall–Kier alpha value is -1.91. The minimum Gasteiger partial charge on any atom is -0.326 e. The van der Waals surface area contributed by atoms with Crippen molar-refractivity contribution in [1.82, 2.24) is 0 Å². The van der Waals surface area contributed by atoms with Crippen molar-refractivity contribution in [3.63, 3.8) is 0 Å². The molecule has 2 amide bonds. The fourth-order valence-electron chi connectivity index (χ4n) is 1.73. The van der Waals surface area contributed by atoms with E-state index in [4.69, 9.17) is 0 Å². The summed E-state index contributed by atoms with van der Waals surface area (Å²) in [4.78, 5) is 23.4. The number of halogens is 1. The lowest BCUT2D eigenvalue weighted by Crippen LogP contribution is -2.20. The lowest BCUT2D eigenvalue weighted by molar-refractivity contribution is -0.119. The fourth-order valence-corrected chi connectivity index (χ4v) is 1.73. The Morgan fingerprint density at radius 1 is 1.35 bits per heavy atom. The van der Waals surface area contributed by atoms with Crippen LogP contribution in [0.5, 0.6) is 0 Å². The van der Waals surface area contributed by atoms with E-state index < -0.39 is 5.82 Å². The quantitative estimate of drug-likeness (QED) is 0.869. The van der Waals surface area contributed by atoms with E-state index in [1.807, 2.05) is 13.8 Å². The molecule has 0 aliphatic heterocycles. The summed E-state index contributed by atoms with van der Waals surface area (Å²) in [7, 11) is 0. The number of nitrogens with one attached hydrogen (secondary N) is 2. The molecule has 1 atom stereocenters. The number of hydrogen-bond acceptors (Lipinski definition) is 2. The van der Waals surface area contributed by atoms with Crippen LogP contribution < -0.4 is 10.6 Å². The van der Waals surface area contributed by atoms with Crippen LogP contribution in [0, 0.1) is 17.7 Å². The molecular weight excluding hydrogens is 259 g/mol. The van der Waals surface area contributed by atoms with Gasteiger partial charge in [-0.25, -0.2) is 4.39 Å². The SMILES string of the molecule is CCC(C)C(=O)Nc1ccc(F)c(NC(=O)C2CC2)c1. The third-order valence-corrected chi connectivity index (χ3v) is 3.50. The molecule has 20 heavy (non-hydrogen) atoms. The molecular formula is C15H19FN2O2. The van der Waals surface area contributed by atoms with Gasteiger partial charge in [-0.2, -0.15) is 0 Å². The predicted octanol–water partition coefficient (Wildman–Crippen LogP) is 3.16. The fraction of sp³-hybridized carbons (Fsp3) is 0.467. The van der Waals surface area contributed by atoms with Crippen molar-refractivity contribution in [3.8, 4) is 0 Å². The normalized spacial score (nSPS) is 15.6. The Kier molecular flexibility index (Phi) is 4.37. The van der Waals surface area contributed by atoms with Crippen molar-refractivity contribution in [2.24, 2.45) is 11.8 Å². The van der Waals surface area contributed by atoms with Crippen LogP contribution in [0.15, 0.2) is 18.2 Å². The number of amides is 2. The summed E-state index contributed by atoms with van der Waals surface area (Å²) in [6.45, 7) is 3.75. The second kappa shape index (κ2) is 6.03. The molecule has 108 valence electrons. The summed E-state index contributed by atoms with van der Waals surface area (Å²) in [6.07, 6.45) is 2.45. The number of carbonyl (C=O) groups is 2. The summed E-state index contributed by atoms with van der Waals surface area (Å²) in [5.41, 5.74) is 0.603. The molecule has 0 heterocycles. The smallest absolute Gasteiger partial charge is 0.227 e. The molecule has 1 unspecified atom stereocenters. The first-order chi connectivity index (χ1) is 9.51. The van der Waals surface area contributed by atoms with E-state index in [0.717, 1.165) is 19.3 Å². The predicted molar refractivity (Wildman–Crippen MR) is 75.8 cm³/mol. The average Bonchev–Trinajstić information content (AvgIpc) is 3.25. The molecule has 0 spiro atoms. The third kappa shape index (κ3) is 3.56. The van der Waals surface area contributed by atoms with Crippen molar-refractivity contribution in [2.75, 3.05) is 10.6 Å². The van der Waals surface area contributed by atoms with E-state index in [0.29, 0.717) is 5.69 Å². The largest absolute Gasteiger partial charge is 0.326 e. The first-order valence-electron chi connectivity index (χ1n) is 6.92. The van der Waals surface area contributed by atoms with Gasteiger partial charge < -0.3 is 10.6 Å². The van der Waals surface area contributed by atoms with Gasteiger partial charge in [0.25, 0.3) is 0 Å². The third-order valence-electron chi connectivity index (χ3n) is 3.50. The molecule has 5 heteroatoms. The van der Waals surface area contributed by atoms with E-state index in [2.05, 4.69) is 10.6 Å². The number of anilines is 2. The van der Waals surface area contributed by atoms with Gasteiger partial charge in [-0.05, 0) is 37.5 Å². The molecule has 1 aromatic carbocycles. The van der Waals surface area contributed by atoms with Gasteiger partial charge in [0.05, 0.1) is 5.69 Å². The zero-order valence-electron chi connectivity index (χ0n) is 11.7. The number of rotatable bonds is 5. The summed E-state index contributed by atoms with van der Waals surface area (Å²) in [5.74, 6) is -0.870. The molecule has 0 radical (unpaired) electrons. The van der Waals surface area contributed by atoms with Crippen LogP contribution >= 0.6 is 0 Å². The molecule has 4 nitrogen and oxygen atoms in total. The topological polar surface area (TPSA) is 58.2 Å². The Bertz CT molecular complexity index is 527. The maximum atomic E-state index is 13.6. The van der Waals surface area contributed by atoms with Gasteiger partial charge >= 0.3 is 0 Å². The number of carbonyl (C=O) groups excluding carboxylic acids is 2. The Balaban J connectivity index is 2.07. The second-order valence-corrected chi connectivity index (χ2v) is 5.26. The summed E-state index contributed by atoms with van der Waals surface area (Å²) in [6, 6.07) is 4.19. The average molecular weight is 278 g/mol. The van der Waals surface area contributed by atoms with Gasteiger partial charge in [0.15, 0.2) is 0 Å². The van der Waals surface area contributed by atoms with Gasteiger partial charge in [0, 0.05) is 17.5 Å². The van der Waals surface area contributed by atoms with Crippen molar-refractivity contribution in [3.05, 3.63) is 24.0 Å². The maximum Gasteiger partial charge on any atom is 0.227 e. The highest BCUT2D eigenvalue weighted by atomic mass is 19.1. The number of hydrogen-bond donors (Lipinski definition) is 2. The Morgan fingerprint density at radius 3 is 2.65 bits per heavy atom. The van der Waals surface area contributed by atoms with Crippen LogP contribution in [0.3, 0.4) is 0 Å². The zero-order chi connectivity index (χ0) is 14.7. The van der Waals surface area contributed by atoms with Crippen LogP contribution in [0.2, 0.25) is 0 Å². The van der Waals surface area contributed by atoms with Gasteiger partial charge in [0.2, 0.25) is 11.8 Å². The van der Waals surface area contributed by atoms with E-state index >= 15 is 0 Å². The second-order valence-electron chi connectivity index (χ2n) is 5.26. The Labute approximate surface area is 117 Å². The van der Waals surface area contributed by atoms with Crippen molar-refractivity contribution >= 4 is 23.2 Å². The van der Waals surface area contributed by atoms with E-state index in [1.165, 1.54) is 18.2 Å². The zero-order valence-corrected chi connectivity index (χ0v) is 11.7. The highest BCUT2D eigenvalue weighted by Crippen LogP contribution is 2.31. The van der Waals surface area contributed by atoms with E-state index in [-0.39, 0.29) is 29.3 Å². The molecule has 0 aromatic heterocycles. The molecule has 0 saturated heterocycles. The van der Waals surface area contributed by atoms with Crippen LogP contribution in [0.25, 0.3) is 0 Å². The molecule has 1 aliphatic rings. The number of benzene rings is 1. The van der Waals surface area contributed by atoms with Crippen LogP contribution in [0.1, 0.15) is 33.1 Å². The highest BCUT2D eigenvalue weighted by molar-refractivity contribution is 5.96. The standard InChI is InChI=1S/C15H19FN2O2/c1-3-9(2)14(19)17-11-6-7-12(16)13(8-11)18-15(20)10-4-5-10/h6-10H,3-5H2,1-2H3,(H,17,19)(H,18,20). The van der Waals surface area contributed by atoms with Crippen LogP contribution in [0.4, 0.5) is 15.8 Å². The molecule has 2 N–H and O–H groups in total. The molecule has 1 aromatic rings. The minimum atomic E-state index is -0.500. The molecule has 2 rings (SSSR count). The lowest BCUT2D eigenvalue weighted by atomic mass is 10.1. The van der Waals surface area contributed by atoms with Gasteiger partial charge in [-0.3, -0.25) is 9.59 Å². The Morgan fingerprint density at radius 2 is 2.05 bits per heavy atom. The lowest BCUT2D eigenvalue weighted by Gasteiger charge is -2.12. The van der Waals surface area contributed by atoms with Crippen LogP contribution in [-0.4, -0.2) is 11.8 Å². The van der Waals surface area contributed by atoms with Crippen LogP contribution in [-0.2, 0) is 9.59 Å². The van der Waals surface area contributed by atoms with Gasteiger partial charge in [-0.15, -0.1) is 0 Å². The first-order valence-corrected chi connectivity index (χ1v) is 6.92. The van der Waals surface area contributed by atoms with E-state index in [9.17, 15) is 14.0 Å². The van der Waals surface area contributed by atoms with Crippen molar-refractivity contribution in [1.29, 1.82) is 0 Å². The summed E-state index contributed by atoms with van der Waals surface area (Å²) in [5, 5.41) is 5.29. The van der Waals surface area contributed by atoms with Crippen molar-refractivity contribution in [2.45, 2.75) is 33.1 Å². The first kappa shape index (κ1) is 14.5. The molecule has 1 fully saturated rings. The van der Waals surface area contributed by atoms with Gasteiger partial charge in [-0.1, -0.05) is 13.8 Å². The monoisotopic (exact) mass is 278 g/mol. The van der Waals surface area contributed by atoms with Crippen molar-refractivity contribution < 1.29 is 14.0 Å². The summed E-state index contributed by atoms with van der Waals surface area (Å²) < 4.78 is 13.6. The minimum absolute atomic E-state index is 0.00719. The maximum absolute atomic E-state index is 13.6. The van der Waals surface area contributed by atoms with E-state index in [1.54, 1.807) is 0 Å². The van der Waals surface area contributed by atoms with Gasteiger partial charge in [0.1, 0.15) is 5.82 Å². The molecule has 1 aliphatic carbocycles. The highest BCUT2D eigenvalue weighted by Gasteiger charge is 2.30.